The molecule has 9 heteroatoms. The van der Waals surface area contributed by atoms with E-state index in [-0.39, 0.29) is 23.9 Å². The maximum absolute atomic E-state index is 14.0. The van der Waals surface area contributed by atoms with Gasteiger partial charge in [0.05, 0.1) is 35.9 Å². The molecule has 7 rings (SSSR count). The number of nitrogens with one attached hydrogen (secondary N) is 1. The van der Waals surface area contributed by atoms with Crippen molar-refractivity contribution in [3.05, 3.63) is 47.5 Å². The molecule has 2 aliphatic carbocycles. The SMILES string of the molecule is C#Cc1cccc2cc(-c3nc4cc(C(=O)N5C[C@H]6CC[C@@H]5[C@@H]6NC(=O)OC(C)(C)C)cc(OC)c4n3C)n(CC3CC3)c12. The van der Waals surface area contributed by atoms with Crippen molar-refractivity contribution >= 4 is 33.9 Å². The number of alkyl carbamates (subject to hydrolysis) is 1. The Morgan fingerprint density at radius 2 is 1.91 bits per heavy atom. The third kappa shape index (κ3) is 4.77. The summed E-state index contributed by atoms with van der Waals surface area (Å²) in [5.74, 6) is 5.01. The first-order valence-corrected chi connectivity index (χ1v) is 15.5. The predicted octanol–water partition coefficient (Wildman–Crippen LogP) is 5.72. The fourth-order valence-electron chi connectivity index (χ4n) is 7.25. The number of hydrogen-bond donors (Lipinski definition) is 1. The molecule has 1 N–H and O–H groups in total. The van der Waals surface area contributed by atoms with E-state index in [1.165, 1.54) is 12.8 Å². The molecular formula is C35H39N5O4. The molecule has 9 nitrogen and oxygen atoms in total. The van der Waals surface area contributed by atoms with Crippen molar-refractivity contribution in [3.8, 4) is 29.6 Å². The fourth-order valence-corrected chi connectivity index (χ4v) is 7.25. The zero-order valence-corrected chi connectivity index (χ0v) is 26.0. The van der Waals surface area contributed by atoms with Gasteiger partial charge in [0.2, 0.25) is 0 Å². The molecule has 2 saturated carbocycles. The van der Waals surface area contributed by atoms with Crippen molar-refractivity contribution in [2.45, 2.75) is 70.7 Å². The van der Waals surface area contributed by atoms with Gasteiger partial charge >= 0.3 is 6.09 Å². The van der Waals surface area contributed by atoms with E-state index >= 15 is 0 Å². The molecule has 1 saturated heterocycles. The Bertz CT molecular complexity index is 1850. The number of aryl methyl sites for hydroxylation is 1. The van der Waals surface area contributed by atoms with Crippen molar-refractivity contribution in [2.24, 2.45) is 18.9 Å². The van der Waals surface area contributed by atoms with Crippen LogP contribution in [-0.4, -0.2) is 62.4 Å². The van der Waals surface area contributed by atoms with Gasteiger partial charge in [-0.3, -0.25) is 4.79 Å². The van der Waals surface area contributed by atoms with E-state index in [1.54, 1.807) is 7.11 Å². The zero-order valence-electron chi connectivity index (χ0n) is 26.0. The second kappa shape index (κ2) is 10.3. The van der Waals surface area contributed by atoms with E-state index in [0.717, 1.165) is 52.9 Å². The number of benzene rings is 2. The van der Waals surface area contributed by atoms with Crippen LogP contribution in [0.2, 0.25) is 0 Å². The highest BCUT2D eigenvalue weighted by molar-refractivity contribution is 6.01. The predicted molar refractivity (Wildman–Crippen MR) is 170 cm³/mol. The third-order valence-corrected chi connectivity index (χ3v) is 9.38. The van der Waals surface area contributed by atoms with Gasteiger partial charge in [0.25, 0.3) is 5.91 Å². The number of hydrogen-bond acceptors (Lipinski definition) is 5. The number of likely N-dealkylation sites (tertiary alicyclic amines) is 1. The van der Waals surface area contributed by atoms with Gasteiger partial charge in [0.1, 0.15) is 16.9 Å². The first-order chi connectivity index (χ1) is 21.1. The zero-order chi connectivity index (χ0) is 30.9. The van der Waals surface area contributed by atoms with Gasteiger partial charge in [-0.25, -0.2) is 9.78 Å². The van der Waals surface area contributed by atoms with E-state index in [4.69, 9.17) is 20.9 Å². The Morgan fingerprint density at radius 1 is 1.11 bits per heavy atom. The second-order valence-corrected chi connectivity index (χ2v) is 13.5. The van der Waals surface area contributed by atoms with E-state index in [9.17, 15) is 9.59 Å². The van der Waals surface area contributed by atoms with Crippen LogP contribution in [-0.2, 0) is 18.3 Å². The normalized spacial score (nSPS) is 21.2. The quantitative estimate of drug-likeness (QED) is 0.289. The Morgan fingerprint density at radius 3 is 2.61 bits per heavy atom. The molecule has 4 aromatic rings. The minimum absolute atomic E-state index is 0.0792. The van der Waals surface area contributed by atoms with Crippen LogP contribution in [0.3, 0.4) is 0 Å². The molecule has 0 unspecified atom stereocenters. The summed E-state index contributed by atoms with van der Waals surface area (Å²) in [5, 5.41) is 4.13. The van der Waals surface area contributed by atoms with Crippen LogP contribution in [0, 0.1) is 24.2 Å². The van der Waals surface area contributed by atoms with Crippen LogP contribution in [0.5, 0.6) is 5.75 Å². The first-order valence-electron chi connectivity index (χ1n) is 15.5. The number of para-hydroxylation sites is 1. The van der Waals surface area contributed by atoms with Gasteiger partial charge in [-0.2, -0.15) is 0 Å². The number of imidazole rings is 1. The molecule has 3 aliphatic rings. The average molecular weight is 594 g/mol. The monoisotopic (exact) mass is 593 g/mol. The van der Waals surface area contributed by atoms with Crippen molar-refractivity contribution in [3.63, 3.8) is 0 Å². The number of methoxy groups -OCH3 is 1. The van der Waals surface area contributed by atoms with E-state index in [0.29, 0.717) is 29.3 Å². The number of carbonyl (C=O) groups excluding carboxylic acids is 2. The number of terminal acetylenes is 1. The van der Waals surface area contributed by atoms with Crippen molar-refractivity contribution < 1.29 is 19.1 Å². The largest absolute Gasteiger partial charge is 0.494 e. The van der Waals surface area contributed by atoms with Gasteiger partial charge in [-0.15, -0.1) is 6.42 Å². The lowest BCUT2D eigenvalue weighted by atomic mass is 10.1. The fraction of sp³-hybridized carbons (Fsp3) is 0.457. The summed E-state index contributed by atoms with van der Waals surface area (Å²) in [4.78, 5) is 33.6. The van der Waals surface area contributed by atoms with Crippen LogP contribution >= 0.6 is 0 Å². The Balaban J connectivity index is 1.24. The van der Waals surface area contributed by atoms with Crippen molar-refractivity contribution in [1.29, 1.82) is 0 Å². The third-order valence-electron chi connectivity index (χ3n) is 9.38. The lowest BCUT2D eigenvalue weighted by Gasteiger charge is -2.28. The Hall–Kier alpha value is -4.45. The summed E-state index contributed by atoms with van der Waals surface area (Å²) in [5.41, 5.74) is 4.39. The van der Waals surface area contributed by atoms with Crippen LogP contribution < -0.4 is 10.1 Å². The minimum atomic E-state index is -0.583. The highest BCUT2D eigenvalue weighted by atomic mass is 16.6. The molecular weight excluding hydrogens is 554 g/mol. The molecule has 44 heavy (non-hydrogen) atoms. The van der Waals surface area contributed by atoms with Crippen LogP contribution in [0.15, 0.2) is 36.4 Å². The van der Waals surface area contributed by atoms with Crippen molar-refractivity contribution in [2.75, 3.05) is 13.7 Å². The molecule has 2 aromatic carbocycles. The number of nitrogens with zero attached hydrogens (tertiary/aromatic N) is 4. The molecule has 3 fully saturated rings. The lowest BCUT2D eigenvalue weighted by Crippen LogP contribution is -2.46. The summed E-state index contributed by atoms with van der Waals surface area (Å²) in [6.07, 6.45) is 9.72. The van der Waals surface area contributed by atoms with Crippen LogP contribution in [0.4, 0.5) is 4.79 Å². The summed E-state index contributed by atoms with van der Waals surface area (Å²) in [6, 6.07) is 11.7. The number of piperidine rings is 1. The highest BCUT2D eigenvalue weighted by Gasteiger charge is 2.50. The molecule has 3 atom stereocenters. The molecule has 228 valence electrons. The number of carbonyl (C=O) groups is 2. The number of rotatable bonds is 6. The minimum Gasteiger partial charge on any atom is -0.494 e. The first kappa shape index (κ1) is 28.3. The number of aromatic nitrogens is 3. The molecule has 0 radical (unpaired) electrons. The smallest absolute Gasteiger partial charge is 0.407 e. The molecule has 0 spiro atoms. The molecule has 1 aliphatic heterocycles. The van der Waals surface area contributed by atoms with E-state index in [2.05, 4.69) is 27.9 Å². The molecule has 2 aromatic heterocycles. The summed E-state index contributed by atoms with van der Waals surface area (Å²) >= 11 is 0. The summed E-state index contributed by atoms with van der Waals surface area (Å²) in [7, 11) is 3.61. The standard InChI is InChI=1S/C35H39N5O4/c1-7-21-9-8-10-22-16-27(39(30(21)22)18-20-11-12-20)32-36-25-15-24(17-28(43-6)31(25)38(32)5)33(41)40-19-23-13-14-26(40)29(23)37-34(42)44-35(2,3)4/h1,8-10,15-17,20,23,26,29H,11-14,18-19H2,2-6H3,(H,37,42)/t23-,26-,29-/m1/s1. The summed E-state index contributed by atoms with van der Waals surface area (Å²) in [6.45, 7) is 7.02. The van der Waals surface area contributed by atoms with Gasteiger partial charge in [0, 0.05) is 36.7 Å². The highest BCUT2D eigenvalue weighted by Crippen LogP contribution is 2.41. The second-order valence-electron chi connectivity index (χ2n) is 13.5. The Labute approximate surface area is 257 Å². The Kier molecular flexibility index (Phi) is 6.65. The number of amides is 2. The number of ether oxygens (including phenoxy) is 2. The van der Waals surface area contributed by atoms with Crippen LogP contribution in [0.1, 0.15) is 62.4 Å². The topological polar surface area (TPSA) is 90.6 Å². The lowest BCUT2D eigenvalue weighted by molar-refractivity contribution is 0.0485. The maximum Gasteiger partial charge on any atom is 0.407 e. The maximum atomic E-state index is 14.0. The molecule has 2 bridgehead atoms. The van der Waals surface area contributed by atoms with E-state index in [1.807, 2.05) is 61.6 Å². The summed E-state index contributed by atoms with van der Waals surface area (Å²) < 4.78 is 15.7. The van der Waals surface area contributed by atoms with E-state index < -0.39 is 11.7 Å². The van der Waals surface area contributed by atoms with Crippen LogP contribution in [0.25, 0.3) is 33.5 Å². The van der Waals surface area contributed by atoms with Gasteiger partial charge in [-0.1, -0.05) is 18.1 Å². The van der Waals surface area contributed by atoms with Crippen molar-refractivity contribution in [1.82, 2.24) is 24.3 Å². The van der Waals surface area contributed by atoms with Gasteiger partial charge in [0.15, 0.2) is 5.82 Å². The molecule has 3 heterocycles. The molecule has 2 amide bonds. The van der Waals surface area contributed by atoms with Gasteiger partial charge in [-0.05, 0) is 82.6 Å². The number of fused-ring (bicyclic) bond motifs is 4. The van der Waals surface area contributed by atoms with Gasteiger partial charge < -0.3 is 28.8 Å². The average Bonchev–Trinajstić information content (AvgIpc) is 3.32.